The van der Waals surface area contributed by atoms with Crippen LogP contribution in [0.4, 0.5) is 13.2 Å². The van der Waals surface area contributed by atoms with Gasteiger partial charge in [0.25, 0.3) is 5.91 Å². The van der Waals surface area contributed by atoms with Crippen LogP contribution < -0.4 is 5.32 Å². The van der Waals surface area contributed by atoms with Gasteiger partial charge in [0.05, 0.1) is 11.5 Å². The fraction of sp³-hybridized carbons (Fsp3) is 0.462. The molecule has 2 rings (SSSR count). The number of amides is 1. The van der Waals surface area contributed by atoms with Crippen LogP contribution in [0.25, 0.3) is 0 Å². The molecule has 0 spiro atoms. The molecular weight excluding hydrogens is 289 g/mol. The fourth-order valence-electron chi connectivity index (χ4n) is 2.41. The molecule has 1 aliphatic rings. The lowest BCUT2D eigenvalue weighted by atomic mass is 10.1. The van der Waals surface area contributed by atoms with Gasteiger partial charge in [0, 0.05) is 12.2 Å². The maximum atomic E-state index is 12.8. The van der Waals surface area contributed by atoms with Crippen molar-refractivity contribution in [3.05, 3.63) is 29.6 Å². The van der Waals surface area contributed by atoms with Crippen molar-refractivity contribution in [2.24, 2.45) is 5.92 Å². The minimum Gasteiger partial charge on any atom is -0.481 e. The highest BCUT2D eigenvalue weighted by atomic mass is 19.4. The predicted molar refractivity (Wildman–Crippen MR) is 65.5 cm³/mol. The quantitative estimate of drug-likeness (QED) is 0.896. The number of halogens is 3. The van der Waals surface area contributed by atoms with Crippen molar-refractivity contribution < 1.29 is 27.9 Å². The van der Waals surface area contributed by atoms with Crippen molar-refractivity contribution in [1.82, 2.24) is 10.3 Å². The first-order chi connectivity index (χ1) is 9.79. The van der Waals surface area contributed by atoms with Gasteiger partial charge in [-0.25, -0.2) is 0 Å². The SMILES string of the molecule is O=C(N[C@H]1CC[C@@H](C(=O)O)C1)c1ncccc1C(F)(F)F. The largest absolute Gasteiger partial charge is 0.481 e. The van der Waals surface area contributed by atoms with E-state index in [0.29, 0.717) is 12.8 Å². The van der Waals surface area contributed by atoms with E-state index in [4.69, 9.17) is 5.11 Å². The highest BCUT2D eigenvalue weighted by Gasteiger charge is 2.37. The normalized spacial score (nSPS) is 22.0. The van der Waals surface area contributed by atoms with Crippen LogP contribution in [-0.2, 0) is 11.0 Å². The van der Waals surface area contributed by atoms with Crippen LogP contribution in [0.3, 0.4) is 0 Å². The number of carboxylic acid groups (broad SMARTS) is 1. The van der Waals surface area contributed by atoms with Gasteiger partial charge >= 0.3 is 12.1 Å². The minimum absolute atomic E-state index is 0.218. The first-order valence-corrected chi connectivity index (χ1v) is 6.35. The number of hydrogen-bond donors (Lipinski definition) is 2. The third kappa shape index (κ3) is 3.50. The average Bonchev–Trinajstić information content (AvgIpc) is 2.86. The fourth-order valence-corrected chi connectivity index (χ4v) is 2.41. The van der Waals surface area contributed by atoms with Gasteiger partial charge in [-0.2, -0.15) is 13.2 Å². The summed E-state index contributed by atoms with van der Waals surface area (Å²) in [4.78, 5) is 26.2. The number of carbonyl (C=O) groups is 2. The van der Waals surface area contributed by atoms with E-state index in [1.807, 2.05) is 0 Å². The van der Waals surface area contributed by atoms with Crippen molar-refractivity contribution in [3.63, 3.8) is 0 Å². The Morgan fingerprint density at radius 2 is 2.05 bits per heavy atom. The first-order valence-electron chi connectivity index (χ1n) is 6.35. The zero-order valence-electron chi connectivity index (χ0n) is 10.9. The number of pyridine rings is 1. The molecule has 2 N–H and O–H groups in total. The molecular formula is C13H13F3N2O3. The standard InChI is InChI=1S/C13H13F3N2O3/c14-13(15,16)9-2-1-5-17-10(9)11(19)18-8-4-3-7(6-8)12(20)21/h1-2,5,7-8H,3-4,6H2,(H,18,19)(H,20,21)/t7-,8+/m1/s1. The van der Waals surface area contributed by atoms with Crippen molar-refractivity contribution in [1.29, 1.82) is 0 Å². The van der Waals surface area contributed by atoms with Gasteiger partial charge < -0.3 is 10.4 Å². The highest BCUT2D eigenvalue weighted by Crippen LogP contribution is 2.31. The van der Waals surface area contributed by atoms with Crippen molar-refractivity contribution in [2.45, 2.75) is 31.5 Å². The number of aromatic nitrogens is 1. The molecule has 8 heteroatoms. The molecule has 1 amide bonds. The van der Waals surface area contributed by atoms with Crippen LogP contribution in [-0.4, -0.2) is 28.0 Å². The van der Waals surface area contributed by atoms with Crippen LogP contribution in [0.1, 0.15) is 35.3 Å². The third-order valence-corrected chi connectivity index (χ3v) is 3.45. The molecule has 5 nitrogen and oxygen atoms in total. The minimum atomic E-state index is -4.67. The Hall–Kier alpha value is -2.12. The second-order valence-electron chi connectivity index (χ2n) is 4.92. The van der Waals surface area contributed by atoms with Gasteiger partial charge in [0.2, 0.25) is 0 Å². The molecule has 1 fully saturated rings. The predicted octanol–water partition coefficient (Wildman–Crippen LogP) is 2.08. The highest BCUT2D eigenvalue weighted by molar-refractivity contribution is 5.94. The number of carbonyl (C=O) groups excluding carboxylic acids is 1. The molecule has 0 bridgehead atoms. The molecule has 114 valence electrons. The second kappa shape index (κ2) is 5.71. The van der Waals surface area contributed by atoms with E-state index in [0.717, 1.165) is 18.3 Å². The number of aliphatic carboxylic acids is 1. The molecule has 2 atom stereocenters. The molecule has 1 saturated carbocycles. The Bertz CT molecular complexity index is 560. The zero-order chi connectivity index (χ0) is 15.6. The van der Waals surface area contributed by atoms with Crippen LogP contribution in [0.15, 0.2) is 18.3 Å². The van der Waals surface area contributed by atoms with Gasteiger partial charge in [-0.3, -0.25) is 14.6 Å². The molecule has 0 saturated heterocycles. The Balaban J connectivity index is 2.10. The van der Waals surface area contributed by atoms with E-state index in [9.17, 15) is 22.8 Å². The smallest absolute Gasteiger partial charge is 0.418 e. The summed E-state index contributed by atoms with van der Waals surface area (Å²) in [7, 11) is 0. The lowest BCUT2D eigenvalue weighted by Gasteiger charge is -2.15. The number of hydrogen-bond acceptors (Lipinski definition) is 3. The number of nitrogens with zero attached hydrogens (tertiary/aromatic N) is 1. The lowest BCUT2D eigenvalue weighted by molar-refractivity contribution is -0.141. The number of carboxylic acids is 1. The average molecular weight is 302 g/mol. The summed E-state index contributed by atoms with van der Waals surface area (Å²) in [5.41, 5.74) is -1.79. The van der Waals surface area contributed by atoms with E-state index in [1.54, 1.807) is 0 Å². The molecule has 21 heavy (non-hydrogen) atoms. The van der Waals surface area contributed by atoms with Gasteiger partial charge in [-0.15, -0.1) is 0 Å². The van der Waals surface area contributed by atoms with Crippen LogP contribution in [0, 0.1) is 5.92 Å². The molecule has 0 aromatic carbocycles. The summed E-state index contributed by atoms with van der Waals surface area (Å²) < 4.78 is 38.4. The number of alkyl halides is 3. The maximum Gasteiger partial charge on any atom is 0.418 e. The number of rotatable bonds is 3. The van der Waals surface area contributed by atoms with Crippen molar-refractivity contribution in [2.75, 3.05) is 0 Å². The van der Waals surface area contributed by atoms with E-state index >= 15 is 0 Å². The summed E-state index contributed by atoms with van der Waals surface area (Å²) in [5.74, 6) is -2.46. The van der Waals surface area contributed by atoms with E-state index in [2.05, 4.69) is 10.3 Å². The van der Waals surface area contributed by atoms with Crippen molar-refractivity contribution >= 4 is 11.9 Å². The summed E-state index contributed by atoms with van der Waals surface area (Å²) in [6.07, 6.45) is -2.51. The molecule has 0 radical (unpaired) electrons. The Labute approximate surface area is 118 Å². The van der Waals surface area contributed by atoms with Gasteiger partial charge in [0.15, 0.2) is 0 Å². The Kier molecular flexibility index (Phi) is 4.15. The molecule has 0 aliphatic heterocycles. The van der Waals surface area contributed by atoms with E-state index in [1.165, 1.54) is 0 Å². The summed E-state index contributed by atoms with van der Waals surface area (Å²) in [6.45, 7) is 0. The van der Waals surface area contributed by atoms with Crippen LogP contribution >= 0.6 is 0 Å². The molecule has 1 aromatic heterocycles. The van der Waals surface area contributed by atoms with Crippen LogP contribution in [0.2, 0.25) is 0 Å². The zero-order valence-corrected chi connectivity index (χ0v) is 10.9. The summed E-state index contributed by atoms with van der Waals surface area (Å²) in [5, 5.41) is 11.3. The molecule has 1 aliphatic carbocycles. The first kappa shape index (κ1) is 15.3. The molecule has 1 heterocycles. The van der Waals surface area contributed by atoms with E-state index in [-0.39, 0.29) is 6.42 Å². The maximum absolute atomic E-state index is 12.8. The van der Waals surface area contributed by atoms with Crippen LogP contribution in [0.5, 0.6) is 0 Å². The van der Waals surface area contributed by atoms with Gasteiger partial charge in [-0.1, -0.05) is 0 Å². The second-order valence-corrected chi connectivity index (χ2v) is 4.92. The molecule has 1 aromatic rings. The Morgan fingerprint density at radius 1 is 1.33 bits per heavy atom. The summed E-state index contributed by atoms with van der Waals surface area (Å²) >= 11 is 0. The lowest BCUT2D eigenvalue weighted by Crippen LogP contribution is -2.35. The Morgan fingerprint density at radius 3 is 2.62 bits per heavy atom. The number of nitrogens with one attached hydrogen (secondary N) is 1. The molecule has 0 unspecified atom stereocenters. The van der Waals surface area contributed by atoms with E-state index < -0.39 is 41.3 Å². The monoisotopic (exact) mass is 302 g/mol. The topological polar surface area (TPSA) is 79.3 Å². The third-order valence-electron chi connectivity index (χ3n) is 3.45. The van der Waals surface area contributed by atoms with Gasteiger partial charge in [-0.05, 0) is 31.4 Å². The van der Waals surface area contributed by atoms with Crippen molar-refractivity contribution in [3.8, 4) is 0 Å². The van der Waals surface area contributed by atoms with Gasteiger partial charge in [0.1, 0.15) is 5.69 Å². The summed E-state index contributed by atoms with van der Waals surface area (Å²) in [6, 6.07) is 1.45.